The van der Waals surface area contributed by atoms with E-state index in [0.717, 1.165) is 9.35 Å². The Balaban J connectivity index is 2.57. The Labute approximate surface area is 105 Å². The molecule has 0 saturated heterocycles. The lowest BCUT2D eigenvalue weighted by Crippen LogP contribution is -1.87. The van der Waals surface area contributed by atoms with Crippen molar-refractivity contribution < 1.29 is 9.50 Å². The van der Waals surface area contributed by atoms with Gasteiger partial charge in [0.05, 0.1) is 12.3 Å². The van der Waals surface area contributed by atoms with Gasteiger partial charge in [0.25, 0.3) is 0 Å². The fraction of sp³-hybridized carbons (Fsp3) is 0.182. The van der Waals surface area contributed by atoms with E-state index in [9.17, 15) is 4.39 Å². The summed E-state index contributed by atoms with van der Waals surface area (Å²) in [4.78, 5) is 5.11. The number of nitrogens with zero attached hydrogens (tertiary/aromatic N) is 1. The van der Waals surface area contributed by atoms with Crippen molar-refractivity contribution in [3.05, 3.63) is 38.4 Å². The molecule has 0 unspecified atom stereocenters. The fourth-order valence-electron chi connectivity index (χ4n) is 1.45. The van der Waals surface area contributed by atoms with Crippen molar-refractivity contribution in [1.82, 2.24) is 4.98 Å². The highest BCUT2D eigenvalue weighted by Crippen LogP contribution is 2.31. The Morgan fingerprint density at radius 2 is 2.25 bits per heavy atom. The summed E-state index contributed by atoms with van der Waals surface area (Å²) in [7, 11) is 0. The third-order valence-corrected chi connectivity index (χ3v) is 3.61. The lowest BCUT2D eigenvalue weighted by atomic mass is 10.1. The molecule has 0 aliphatic carbocycles. The van der Waals surface area contributed by atoms with Gasteiger partial charge in [-0.1, -0.05) is 15.9 Å². The highest BCUT2D eigenvalue weighted by Gasteiger charge is 2.13. The van der Waals surface area contributed by atoms with Gasteiger partial charge in [-0.25, -0.2) is 9.37 Å². The van der Waals surface area contributed by atoms with Gasteiger partial charge in [0.15, 0.2) is 0 Å². The predicted molar refractivity (Wildman–Crippen MR) is 65.9 cm³/mol. The molecule has 0 bridgehead atoms. The SMILES string of the molecule is Cc1sc(CO)nc1-c1cc(Br)ccc1F. The molecule has 1 N–H and O–H groups in total. The van der Waals surface area contributed by atoms with Crippen LogP contribution in [0.3, 0.4) is 0 Å². The molecule has 2 aromatic rings. The second kappa shape index (κ2) is 4.61. The Kier molecular flexibility index (Phi) is 3.37. The molecular weight excluding hydrogens is 293 g/mol. The van der Waals surface area contributed by atoms with Gasteiger partial charge in [0.2, 0.25) is 0 Å². The Hall–Kier alpha value is -0.780. The number of aliphatic hydroxyl groups is 1. The van der Waals surface area contributed by atoms with Gasteiger partial charge in [-0.15, -0.1) is 11.3 Å². The van der Waals surface area contributed by atoms with Crippen molar-refractivity contribution in [2.45, 2.75) is 13.5 Å². The van der Waals surface area contributed by atoms with Crippen LogP contribution in [0.4, 0.5) is 4.39 Å². The Morgan fingerprint density at radius 3 is 2.88 bits per heavy atom. The first kappa shape index (κ1) is 11.7. The molecule has 5 heteroatoms. The fourth-order valence-corrected chi connectivity index (χ4v) is 2.62. The van der Waals surface area contributed by atoms with Crippen molar-refractivity contribution in [3.8, 4) is 11.3 Å². The van der Waals surface area contributed by atoms with E-state index in [4.69, 9.17) is 5.11 Å². The number of halogens is 2. The van der Waals surface area contributed by atoms with E-state index < -0.39 is 0 Å². The predicted octanol–water partition coefficient (Wildman–Crippen LogP) is 3.51. The molecule has 84 valence electrons. The lowest BCUT2D eigenvalue weighted by Gasteiger charge is -2.01. The average Bonchev–Trinajstić information content (AvgIpc) is 2.63. The number of aromatic nitrogens is 1. The Bertz CT molecular complexity index is 527. The largest absolute Gasteiger partial charge is 0.389 e. The highest BCUT2D eigenvalue weighted by atomic mass is 79.9. The molecule has 16 heavy (non-hydrogen) atoms. The normalized spacial score (nSPS) is 10.8. The van der Waals surface area contributed by atoms with Gasteiger partial charge >= 0.3 is 0 Å². The average molecular weight is 302 g/mol. The summed E-state index contributed by atoms with van der Waals surface area (Å²) in [5.74, 6) is -0.305. The molecule has 1 aromatic heterocycles. The molecule has 0 radical (unpaired) electrons. The Morgan fingerprint density at radius 1 is 1.50 bits per heavy atom. The van der Waals surface area contributed by atoms with Crippen molar-refractivity contribution in [3.63, 3.8) is 0 Å². The van der Waals surface area contributed by atoms with E-state index in [-0.39, 0.29) is 12.4 Å². The van der Waals surface area contributed by atoms with Gasteiger partial charge in [-0.3, -0.25) is 0 Å². The molecule has 0 fully saturated rings. The molecule has 2 nitrogen and oxygen atoms in total. The van der Waals surface area contributed by atoms with Gasteiger partial charge in [-0.2, -0.15) is 0 Å². The summed E-state index contributed by atoms with van der Waals surface area (Å²) in [5.41, 5.74) is 1.07. The molecule has 0 spiro atoms. The summed E-state index contributed by atoms with van der Waals surface area (Å²) in [5, 5.41) is 9.59. The highest BCUT2D eigenvalue weighted by molar-refractivity contribution is 9.10. The van der Waals surface area contributed by atoms with Crippen molar-refractivity contribution in [2.75, 3.05) is 0 Å². The summed E-state index contributed by atoms with van der Waals surface area (Å²) in [6.07, 6.45) is 0. The number of hydrogen-bond donors (Lipinski definition) is 1. The lowest BCUT2D eigenvalue weighted by molar-refractivity contribution is 0.281. The second-order valence-electron chi connectivity index (χ2n) is 3.29. The van der Waals surface area contributed by atoms with Crippen LogP contribution in [0.1, 0.15) is 9.88 Å². The van der Waals surface area contributed by atoms with Gasteiger partial charge in [0, 0.05) is 14.9 Å². The zero-order valence-electron chi connectivity index (χ0n) is 8.50. The molecular formula is C11H9BrFNOS. The van der Waals surface area contributed by atoms with Gasteiger partial charge in [0.1, 0.15) is 10.8 Å². The van der Waals surface area contributed by atoms with Crippen molar-refractivity contribution in [2.24, 2.45) is 0 Å². The van der Waals surface area contributed by atoms with Crippen LogP contribution in [0.2, 0.25) is 0 Å². The van der Waals surface area contributed by atoms with E-state index >= 15 is 0 Å². The van der Waals surface area contributed by atoms with Crippen LogP contribution in [0.15, 0.2) is 22.7 Å². The molecule has 1 aromatic carbocycles. The number of benzene rings is 1. The first-order chi connectivity index (χ1) is 7.61. The van der Waals surface area contributed by atoms with E-state index in [2.05, 4.69) is 20.9 Å². The maximum atomic E-state index is 13.6. The minimum atomic E-state index is -0.305. The van der Waals surface area contributed by atoms with E-state index in [1.165, 1.54) is 17.4 Å². The van der Waals surface area contributed by atoms with Crippen LogP contribution < -0.4 is 0 Å². The van der Waals surface area contributed by atoms with E-state index in [1.54, 1.807) is 12.1 Å². The van der Waals surface area contributed by atoms with Crippen molar-refractivity contribution in [1.29, 1.82) is 0 Å². The zero-order chi connectivity index (χ0) is 11.7. The number of aryl methyl sites for hydroxylation is 1. The second-order valence-corrected chi connectivity index (χ2v) is 5.50. The van der Waals surface area contributed by atoms with Crippen LogP contribution in [0.5, 0.6) is 0 Å². The minimum Gasteiger partial charge on any atom is -0.389 e. The smallest absolute Gasteiger partial charge is 0.132 e. The van der Waals surface area contributed by atoms with Crippen LogP contribution in [0, 0.1) is 12.7 Å². The van der Waals surface area contributed by atoms with Gasteiger partial charge < -0.3 is 5.11 Å². The first-order valence-corrected chi connectivity index (χ1v) is 6.25. The summed E-state index contributed by atoms with van der Waals surface area (Å²) < 4.78 is 14.4. The third-order valence-electron chi connectivity index (χ3n) is 2.16. The zero-order valence-corrected chi connectivity index (χ0v) is 10.9. The standard InChI is InChI=1S/C11H9BrFNOS/c1-6-11(14-10(5-15)16-6)8-4-7(12)2-3-9(8)13/h2-4,15H,5H2,1H3. The van der Waals surface area contributed by atoms with Crippen molar-refractivity contribution >= 4 is 27.3 Å². The van der Waals surface area contributed by atoms with E-state index in [1.807, 2.05) is 6.92 Å². The minimum absolute atomic E-state index is 0.110. The quantitative estimate of drug-likeness (QED) is 0.921. The number of hydrogen-bond acceptors (Lipinski definition) is 3. The first-order valence-electron chi connectivity index (χ1n) is 4.64. The number of aliphatic hydroxyl groups excluding tert-OH is 1. The maximum absolute atomic E-state index is 13.6. The summed E-state index contributed by atoms with van der Waals surface area (Å²) in [6, 6.07) is 4.74. The molecule has 0 aliphatic heterocycles. The van der Waals surface area contributed by atoms with Crippen LogP contribution in [-0.4, -0.2) is 10.1 Å². The summed E-state index contributed by atoms with van der Waals surface area (Å²) in [6.45, 7) is 1.76. The summed E-state index contributed by atoms with van der Waals surface area (Å²) >= 11 is 4.68. The third kappa shape index (κ3) is 2.16. The molecule has 0 amide bonds. The van der Waals surface area contributed by atoms with Gasteiger partial charge in [-0.05, 0) is 25.1 Å². The van der Waals surface area contributed by atoms with Crippen LogP contribution >= 0.6 is 27.3 Å². The molecule has 0 aliphatic rings. The van der Waals surface area contributed by atoms with E-state index in [0.29, 0.717) is 16.3 Å². The monoisotopic (exact) mass is 301 g/mol. The molecule has 2 rings (SSSR count). The molecule has 0 atom stereocenters. The number of rotatable bonds is 2. The number of thiazole rings is 1. The van der Waals surface area contributed by atoms with Crippen LogP contribution in [0.25, 0.3) is 11.3 Å². The topological polar surface area (TPSA) is 33.1 Å². The maximum Gasteiger partial charge on any atom is 0.132 e. The van der Waals surface area contributed by atoms with Crippen LogP contribution in [-0.2, 0) is 6.61 Å². The molecule has 0 saturated carbocycles. The molecule has 1 heterocycles.